The highest BCUT2D eigenvalue weighted by molar-refractivity contribution is 7.40. The Morgan fingerprint density at radius 2 is 1.78 bits per heavy atom. The van der Waals surface area contributed by atoms with E-state index in [1.807, 2.05) is 0 Å². The van der Waals surface area contributed by atoms with Gasteiger partial charge in [0.2, 0.25) is 0 Å². The lowest BCUT2D eigenvalue weighted by molar-refractivity contribution is -0.870. The van der Waals surface area contributed by atoms with E-state index in [4.69, 9.17) is 4.52 Å². The van der Waals surface area contributed by atoms with Gasteiger partial charge in [0, 0.05) is 6.42 Å². The number of hydrogen-bond acceptors (Lipinski definition) is 2. The van der Waals surface area contributed by atoms with Gasteiger partial charge in [-0.2, -0.15) is 0 Å². The average Bonchev–Trinajstić information content (AvgIpc) is 3.14. The molecule has 4 aliphatic carbocycles. The van der Waals surface area contributed by atoms with Crippen LogP contribution in [0, 0.1) is 46.3 Å². The zero-order valence-electron chi connectivity index (χ0n) is 25.0. The predicted octanol–water partition coefficient (Wildman–Crippen LogP) is 8.86. The summed E-state index contributed by atoms with van der Waals surface area (Å²) in [5, 5.41) is 0. The van der Waals surface area contributed by atoms with Crippen molar-refractivity contribution in [2.24, 2.45) is 46.3 Å². The Labute approximate surface area is 224 Å². The normalized spacial score (nSPS) is 39.8. The van der Waals surface area contributed by atoms with E-state index in [-0.39, 0.29) is 5.66 Å². The Hall–Kier alpha value is -0.240. The van der Waals surface area contributed by atoms with Crippen molar-refractivity contribution in [2.75, 3.05) is 34.3 Å². The summed E-state index contributed by atoms with van der Waals surface area (Å²) in [6, 6.07) is 0. The van der Waals surface area contributed by atoms with E-state index in [2.05, 4.69) is 61.8 Å². The lowest BCUT2D eigenvalue weighted by Crippen LogP contribution is -2.50. The molecule has 0 spiro atoms. The van der Waals surface area contributed by atoms with Crippen molar-refractivity contribution in [1.29, 1.82) is 0 Å². The highest BCUT2D eigenvalue weighted by Crippen LogP contribution is 2.68. The highest BCUT2D eigenvalue weighted by Gasteiger charge is 2.60. The number of hydrogen-bond donors (Lipinski definition) is 0. The molecule has 0 aliphatic heterocycles. The SMILES string of the molecule is CC(C)CCC[C@@H](C)[C@H]1CCC2C3CC=C4CC([P+](=O)OCC[N+](C)(C)C)CC[C@]4(C)C3CC[C@@]21C. The summed E-state index contributed by atoms with van der Waals surface area (Å²) in [4.78, 5) is 0. The molecule has 4 heteroatoms. The second kappa shape index (κ2) is 11.1. The van der Waals surface area contributed by atoms with Gasteiger partial charge < -0.3 is 4.48 Å². The van der Waals surface area contributed by atoms with Crippen LogP contribution in [0.4, 0.5) is 0 Å². The van der Waals surface area contributed by atoms with Crippen molar-refractivity contribution < 1.29 is 13.6 Å². The molecule has 0 aromatic heterocycles. The molecule has 36 heavy (non-hydrogen) atoms. The van der Waals surface area contributed by atoms with Gasteiger partial charge >= 0.3 is 8.03 Å². The summed E-state index contributed by atoms with van der Waals surface area (Å²) in [7, 11) is 4.94. The van der Waals surface area contributed by atoms with Crippen LogP contribution in [-0.4, -0.2) is 44.4 Å². The topological polar surface area (TPSA) is 26.3 Å². The van der Waals surface area contributed by atoms with E-state index in [1.165, 1.54) is 57.8 Å². The first kappa shape index (κ1) is 28.8. The largest absolute Gasteiger partial charge is 0.511 e. The van der Waals surface area contributed by atoms with Gasteiger partial charge in [0.25, 0.3) is 0 Å². The molecule has 0 aromatic rings. The van der Waals surface area contributed by atoms with Crippen molar-refractivity contribution in [3.63, 3.8) is 0 Å². The van der Waals surface area contributed by atoms with Crippen LogP contribution >= 0.6 is 8.03 Å². The first-order valence-corrected chi connectivity index (χ1v) is 16.7. The van der Waals surface area contributed by atoms with Crippen LogP contribution in [0.5, 0.6) is 0 Å². The zero-order valence-corrected chi connectivity index (χ0v) is 25.9. The third-order valence-electron chi connectivity index (χ3n) is 11.6. The Balaban J connectivity index is 1.40. The van der Waals surface area contributed by atoms with Gasteiger partial charge in [-0.3, -0.25) is 0 Å². The first-order chi connectivity index (χ1) is 16.8. The summed E-state index contributed by atoms with van der Waals surface area (Å²) in [5.41, 5.74) is 2.75. The second-order valence-corrected chi connectivity index (χ2v) is 16.9. The maximum absolute atomic E-state index is 13.0. The van der Waals surface area contributed by atoms with E-state index < -0.39 is 8.03 Å². The van der Waals surface area contributed by atoms with Gasteiger partial charge in [-0.05, 0) is 95.8 Å². The van der Waals surface area contributed by atoms with E-state index in [0.29, 0.717) is 17.4 Å². The minimum Gasteiger partial charge on any atom is -0.329 e. The molecule has 0 amide bonds. The van der Waals surface area contributed by atoms with Crippen molar-refractivity contribution in [2.45, 2.75) is 111 Å². The third-order valence-corrected chi connectivity index (χ3v) is 13.0. The van der Waals surface area contributed by atoms with Gasteiger partial charge in [0.05, 0.1) is 21.1 Å². The van der Waals surface area contributed by atoms with Crippen LogP contribution in [-0.2, 0) is 9.09 Å². The Bertz CT molecular complexity index is 815. The molecule has 3 nitrogen and oxygen atoms in total. The molecular formula is C32H58NO2P+2. The van der Waals surface area contributed by atoms with Gasteiger partial charge in [-0.15, -0.1) is 4.52 Å². The van der Waals surface area contributed by atoms with Gasteiger partial charge in [-0.25, -0.2) is 0 Å². The summed E-state index contributed by atoms with van der Waals surface area (Å²) in [6.45, 7) is 14.1. The first-order valence-electron chi connectivity index (χ1n) is 15.4. The third kappa shape index (κ3) is 5.84. The fourth-order valence-electron chi connectivity index (χ4n) is 9.36. The Morgan fingerprint density at radius 3 is 2.47 bits per heavy atom. The monoisotopic (exact) mass is 519 g/mol. The minimum atomic E-state index is -1.57. The molecule has 5 unspecified atom stereocenters. The number of likely N-dealkylation sites (N-methyl/N-ethyl adjacent to an activating group) is 1. The fourth-order valence-corrected chi connectivity index (χ4v) is 10.5. The van der Waals surface area contributed by atoms with Crippen LogP contribution in [0.1, 0.15) is 105 Å². The Morgan fingerprint density at radius 1 is 1.03 bits per heavy atom. The van der Waals surface area contributed by atoms with Gasteiger partial charge in [0.1, 0.15) is 6.54 Å². The van der Waals surface area contributed by atoms with Gasteiger partial charge in [-0.1, -0.05) is 65.5 Å². The molecule has 4 aliphatic rings. The van der Waals surface area contributed by atoms with Crippen LogP contribution in [0.25, 0.3) is 0 Å². The van der Waals surface area contributed by atoms with Crippen molar-refractivity contribution in [1.82, 2.24) is 0 Å². The quantitative estimate of drug-likeness (QED) is 0.164. The van der Waals surface area contributed by atoms with Crippen molar-refractivity contribution in [3.8, 4) is 0 Å². The molecule has 4 rings (SSSR count). The molecule has 0 N–H and O–H groups in total. The molecule has 3 saturated carbocycles. The minimum absolute atomic E-state index is 0.222. The average molecular weight is 520 g/mol. The molecule has 9 atom stereocenters. The Kier molecular flexibility index (Phi) is 8.86. The molecule has 0 radical (unpaired) electrons. The molecule has 0 aromatic carbocycles. The molecule has 3 fully saturated rings. The van der Waals surface area contributed by atoms with Crippen LogP contribution in [0.2, 0.25) is 0 Å². The van der Waals surface area contributed by atoms with E-state index in [1.54, 1.807) is 5.57 Å². The fraction of sp³-hybridized carbons (Fsp3) is 0.938. The summed E-state index contributed by atoms with van der Waals surface area (Å²) in [6.07, 6.45) is 17.2. The number of fused-ring (bicyclic) bond motifs is 5. The maximum atomic E-state index is 13.0. The molecule has 0 saturated heterocycles. The van der Waals surface area contributed by atoms with Gasteiger partial charge in [0.15, 0.2) is 12.3 Å². The zero-order chi connectivity index (χ0) is 26.3. The van der Waals surface area contributed by atoms with E-state index >= 15 is 0 Å². The summed E-state index contributed by atoms with van der Waals surface area (Å²) < 4.78 is 19.8. The predicted molar refractivity (Wildman–Crippen MR) is 153 cm³/mol. The maximum Gasteiger partial charge on any atom is 0.511 e. The molecular weight excluding hydrogens is 461 g/mol. The number of rotatable bonds is 10. The smallest absolute Gasteiger partial charge is 0.329 e. The van der Waals surface area contributed by atoms with Crippen LogP contribution in [0.15, 0.2) is 11.6 Å². The summed E-state index contributed by atoms with van der Waals surface area (Å²) in [5.74, 6) is 5.27. The number of quaternary nitrogens is 1. The highest BCUT2D eigenvalue weighted by atomic mass is 31.1. The van der Waals surface area contributed by atoms with Crippen LogP contribution in [0.3, 0.4) is 0 Å². The van der Waals surface area contributed by atoms with E-state index in [0.717, 1.165) is 59.4 Å². The second-order valence-electron chi connectivity index (χ2n) is 15.3. The van der Waals surface area contributed by atoms with Crippen molar-refractivity contribution in [3.05, 3.63) is 11.6 Å². The summed E-state index contributed by atoms with van der Waals surface area (Å²) >= 11 is 0. The number of nitrogens with zero attached hydrogens (tertiary/aromatic N) is 1. The lowest BCUT2D eigenvalue weighted by atomic mass is 9.47. The standard InChI is InChI=1S/C32H58NO2P/c1-23(2)10-9-11-24(3)28-14-15-29-27-13-12-25-22-26(36(34)35-21-20-33(6,7)8)16-18-31(25,4)30(27)17-19-32(28,29)5/h12,23-24,26-30H,9-11,13-22H2,1-8H3/q+2/t24-,26?,27?,28-,29?,30?,31+,32-/m1/s1. The van der Waals surface area contributed by atoms with Crippen LogP contribution < -0.4 is 0 Å². The number of allylic oxidation sites excluding steroid dienone is 2. The molecule has 0 heterocycles. The van der Waals surface area contributed by atoms with E-state index in [9.17, 15) is 4.57 Å². The lowest BCUT2D eigenvalue weighted by Gasteiger charge is -2.58. The van der Waals surface area contributed by atoms with Crippen molar-refractivity contribution >= 4 is 8.03 Å². The molecule has 0 bridgehead atoms. The molecule has 206 valence electrons.